The molecule has 1 saturated heterocycles. The minimum absolute atomic E-state index is 0.0165. The molecule has 1 fully saturated rings. The Balaban J connectivity index is 1.14. The van der Waals surface area contributed by atoms with Gasteiger partial charge in [-0.25, -0.2) is 4.39 Å². The second kappa shape index (κ2) is 13.0. The fourth-order valence-corrected chi connectivity index (χ4v) is 5.91. The average Bonchev–Trinajstić information content (AvgIpc) is 3.31. The predicted octanol–water partition coefficient (Wildman–Crippen LogP) is 5.98. The third kappa shape index (κ3) is 7.33. The predicted molar refractivity (Wildman–Crippen MR) is 155 cm³/mol. The van der Waals surface area contributed by atoms with Crippen LogP contribution in [0.4, 0.5) is 4.39 Å². The Morgan fingerprint density at radius 3 is 2.32 bits per heavy atom. The van der Waals surface area contributed by atoms with Gasteiger partial charge in [0.05, 0.1) is 4.88 Å². The SMILES string of the molecule is O=C(O)CCCC(=O)N1CCN(CCOc2ccc(Oc3c(-c4ccc(F)cc4)sc4cc(O)ccc34)cc2)CC1. The minimum atomic E-state index is -0.876. The van der Waals surface area contributed by atoms with Crippen LogP contribution >= 0.6 is 11.3 Å². The number of hydrogen-bond acceptors (Lipinski definition) is 7. The van der Waals surface area contributed by atoms with Gasteiger partial charge in [-0.05, 0) is 66.6 Å². The lowest BCUT2D eigenvalue weighted by molar-refractivity contribution is -0.137. The maximum absolute atomic E-state index is 13.5. The number of fused-ring (bicyclic) bond motifs is 1. The molecule has 0 radical (unpaired) electrons. The number of phenolic OH excluding ortho intramolecular Hbond substituents is 1. The van der Waals surface area contributed by atoms with Crippen molar-refractivity contribution < 1.29 is 33.7 Å². The van der Waals surface area contributed by atoms with Crippen LogP contribution in [0.15, 0.2) is 66.7 Å². The van der Waals surface area contributed by atoms with E-state index in [0.717, 1.165) is 40.2 Å². The van der Waals surface area contributed by atoms with Crippen LogP contribution in [-0.4, -0.2) is 71.2 Å². The summed E-state index contributed by atoms with van der Waals surface area (Å²) >= 11 is 1.47. The molecule has 2 heterocycles. The molecule has 214 valence electrons. The van der Waals surface area contributed by atoms with Gasteiger partial charge < -0.3 is 24.6 Å². The number of carbonyl (C=O) groups is 2. The number of carboxylic acid groups (broad SMARTS) is 1. The molecule has 2 N–H and O–H groups in total. The minimum Gasteiger partial charge on any atom is -0.508 e. The van der Waals surface area contributed by atoms with Gasteiger partial charge in [0.25, 0.3) is 0 Å². The molecule has 5 rings (SSSR count). The fraction of sp³-hybridized carbons (Fsp3) is 0.290. The van der Waals surface area contributed by atoms with Crippen molar-refractivity contribution in [1.29, 1.82) is 0 Å². The Morgan fingerprint density at radius 1 is 0.902 bits per heavy atom. The number of aromatic hydroxyl groups is 1. The lowest BCUT2D eigenvalue weighted by Gasteiger charge is -2.34. The van der Waals surface area contributed by atoms with Crippen molar-refractivity contribution in [3.63, 3.8) is 0 Å². The summed E-state index contributed by atoms with van der Waals surface area (Å²) in [6, 6.07) is 18.7. The first kappa shape index (κ1) is 28.4. The molecule has 0 unspecified atom stereocenters. The first-order chi connectivity index (χ1) is 19.9. The Morgan fingerprint density at radius 2 is 1.61 bits per heavy atom. The molecule has 8 nitrogen and oxygen atoms in total. The zero-order valence-electron chi connectivity index (χ0n) is 22.4. The van der Waals surface area contributed by atoms with E-state index in [4.69, 9.17) is 14.6 Å². The molecule has 4 aromatic rings. The van der Waals surface area contributed by atoms with Crippen molar-refractivity contribution in [3.05, 3.63) is 72.5 Å². The third-order valence-electron chi connectivity index (χ3n) is 6.96. The van der Waals surface area contributed by atoms with Crippen LogP contribution in [0.5, 0.6) is 23.0 Å². The molecule has 0 saturated carbocycles. The van der Waals surface area contributed by atoms with Crippen LogP contribution in [0.1, 0.15) is 19.3 Å². The van der Waals surface area contributed by atoms with Crippen LogP contribution in [0.25, 0.3) is 20.5 Å². The smallest absolute Gasteiger partial charge is 0.303 e. The van der Waals surface area contributed by atoms with E-state index >= 15 is 0 Å². The first-order valence-corrected chi connectivity index (χ1v) is 14.3. The number of rotatable bonds is 11. The second-order valence-corrected chi connectivity index (χ2v) is 10.9. The van der Waals surface area contributed by atoms with Gasteiger partial charge in [-0.2, -0.15) is 0 Å². The molecule has 0 atom stereocenters. The quantitative estimate of drug-likeness (QED) is 0.226. The van der Waals surface area contributed by atoms with Crippen molar-refractivity contribution in [2.45, 2.75) is 19.3 Å². The van der Waals surface area contributed by atoms with E-state index in [-0.39, 0.29) is 30.3 Å². The second-order valence-electron chi connectivity index (χ2n) is 9.84. The first-order valence-electron chi connectivity index (χ1n) is 13.5. The molecular weight excluding hydrogens is 547 g/mol. The molecule has 41 heavy (non-hydrogen) atoms. The maximum atomic E-state index is 13.5. The van der Waals surface area contributed by atoms with Gasteiger partial charge in [0.1, 0.15) is 29.7 Å². The molecule has 0 bridgehead atoms. The standard InChI is InChI=1S/C31H31FN2O6S/c32-22-6-4-21(5-7-22)31-30(26-13-8-23(35)20-27(26)41-31)40-25-11-9-24(10-12-25)39-19-18-33-14-16-34(17-15-33)28(36)2-1-3-29(37)38/h4-13,20,35H,1-3,14-19H2,(H,37,38). The highest BCUT2D eigenvalue weighted by Gasteiger charge is 2.21. The van der Waals surface area contributed by atoms with Crippen LogP contribution in [0.3, 0.4) is 0 Å². The van der Waals surface area contributed by atoms with Crippen molar-refractivity contribution >= 4 is 33.3 Å². The number of nitrogens with zero attached hydrogens (tertiary/aromatic N) is 2. The Hall–Kier alpha value is -4.15. The van der Waals surface area contributed by atoms with E-state index < -0.39 is 5.97 Å². The number of hydrogen-bond donors (Lipinski definition) is 2. The number of piperazine rings is 1. The van der Waals surface area contributed by atoms with Gasteiger partial charge >= 0.3 is 5.97 Å². The third-order valence-corrected chi connectivity index (χ3v) is 8.14. The molecular formula is C31H31FN2O6S. The van der Waals surface area contributed by atoms with E-state index in [0.29, 0.717) is 43.4 Å². The number of benzene rings is 3. The molecule has 1 aliphatic heterocycles. The summed E-state index contributed by atoms with van der Waals surface area (Å²) in [5, 5.41) is 19.5. The van der Waals surface area contributed by atoms with E-state index in [9.17, 15) is 19.1 Å². The van der Waals surface area contributed by atoms with Crippen molar-refractivity contribution in [2.24, 2.45) is 0 Å². The fourth-order valence-electron chi connectivity index (χ4n) is 4.74. The van der Waals surface area contributed by atoms with E-state index in [1.165, 1.54) is 23.5 Å². The van der Waals surface area contributed by atoms with Crippen molar-refractivity contribution in [3.8, 4) is 33.4 Å². The van der Waals surface area contributed by atoms with Crippen LogP contribution < -0.4 is 9.47 Å². The normalized spacial score (nSPS) is 13.8. The summed E-state index contributed by atoms with van der Waals surface area (Å²) < 4.78 is 26.7. The Labute approximate surface area is 241 Å². The average molecular weight is 579 g/mol. The summed E-state index contributed by atoms with van der Waals surface area (Å²) in [7, 11) is 0. The van der Waals surface area contributed by atoms with Crippen molar-refractivity contribution in [1.82, 2.24) is 9.80 Å². The number of carbonyl (C=O) groups excluding carboxylic acids is 1. The molecule has 0 spiro atoms. The number of amides is 1. The van der Waals surface area contributed by atoms with Gasteiger partial charge in [0.2, 0.25) is 5.91 Å². The lowest BCUT2D eigenvalue weighted by Crippen LogP contribution is -2.49. The van der Waals surface area contributed by atoms with Gasteiger partial charge in [-0.1, -0.05) is 12.1 Å². The van der Waals surface area contributed by atoms with E-state index in [2.05, 4.69) is 4.90 Å². The zero-order chi connectivity index (χ0) is 28.8. The maximum Gasteiger partial charge on any atom is 0.303 e. The number of carboxylic acids is 1. The highest BCUT2D eigenvalue weighted by Crippen LogP contribution is 2.47. The molecule has 0 aliphatic carbocycles. The zero-order valence-corrected chi connectivity index (χ0v) is 23.2. The molecule has 3 aromatic carbocycles. The van der Waals surface area contributed by atoms with Crippen LogP contribution in [-0.2, 0) is 9.59 Å². The number of thiophene rings is 1. The lowest BCUT2D eigenvalue weighted by atomic mass is 10.1. The number of ether oxygens (including phenoxy) is 2. The molecule has 10 heteroatoms. The number of halogens is 1. The molecule has 1 aliphatic rings. The molecule has 1 amide bonds. The number of phenols is 1. The number of aliphatic carboxylic acids is 1. The summed E-state index contributed by atoms with van der Waals surface area (Å²) in [5.41, 5.74) is 0.824. The van der Waals surface area contributed by atoms with Crippen LogP contribution in [0, 0.1) is 5.82 Å². The highest BCUT2D eigenvalue weighted by molar-refractivity contribution is 7.22. The Bertz CT molecular complexity index is 1500. The van der Waals surface area contributed by atoms with E-state index in [1.807, 2.05) is 30.3 Å². The largest absolute Gasteiger partial charge is 0.508 e. The van der Waals surface area contributed by atoms with Crippen molar-refractivity contribution in [2.75, 3.05) is 39.3 Å². The summed E-state index contributed by atoms with van der Waals surface area (Å²) in [5.74, 6) is 0.973. The van der Waals surface area contributed by atoms with Gasteiger partial charge in [0, 0.05) is 55.7 Å². The summed E-state index contributed by atoms with van der Waals surface area (Å²) in [6.07, 6.45) is 0.661. The van der Waals surface area contributed by atoms with Crippen LogP contribution in [0.2, 0.25) is 0 Å². The van der Waals surface area contributed by atoms with Gasteiger partial charge in [-0.3, -0.25) is 14.5 Å². The summed E-state index contributed by atoms with van der Waals surface area (Å²) in [4.78, 5) is 27.8. The monoisotopic (exact) mass is 578 g/mol. The van der Waals surface area contributed by atoms with E-state index in [1.54, 1.807) is 29.2 Å². The van der Waals surface area contributed by atoms with Gasteiger partial charge in [0.15, 0.2) is 5.75 Å². The highest BCUT2D eigenvalue weighted by atomic mass is 32.1. The molecule has 1 aromatic heterocycles. The Kier molecular flexibility index (Phi) is 9.01. The topological polar surface area (TPSA) is 99.5 Å². The van der Waals surface area contributed by atoms with Gasteiger partial charge in [-0.15, -0.1) is 11.3 Å². The summed E-state index contributed by atoms with van der Waals surface area (Å²) in [6.45, 7) is 4.00.